The maximum atomic E-state index is 13.1. The summed E-state index contributed by atoms with van der Waals surface area (Å²) in [6.07, 6.45) is 12.6. The number of aryl methyl sites for hydroxylation is 1. The van der Waals surface area contributed by atoms with Gasteiger partial charge in [-0.2, -0.15) is 0 Å². The van der Waals surface area contributed by atoms with E-state index < -0.39 is 0 Å². The molecule has 0 aromatic heterocycles. The summed E-state index contributed by atoms with van der Waals surface area (Å²) >= 11 is 0. The van der Waals surface area contributed by atoms with Gasteiger partial charge in [-0.25, -0.2) is 0 Å². The number of hydrogen-bond donors (Lipinski definition) is 0. The molecule has 140 valence electrons. The highest BCUT2D eigenvalue weighted by Crippen LogP contribution is 2.66. The lowest BCUT2D eigenvalue weighted by Crippen LogP contribution is -2.55. The molecule has 6 rings (SSSR count). The van der Waals surface area contributed by atoms with Crippen molar-refractivity contribution in [2.45, 2.75) is 76.5 Å². The summed E-state index contributed by atoms with van der Waals surface area (Å²) in [4.78, 5) is 15.3. The lowest BCUT2D eigenvalue weighted by atomic mass is 9.42. The smallest absolute Gasteiger partial charge is 0.223 e. The van der Waals surface area contributed by atoms with Crippen molar-refractivity contribution in [3.8, 4) is 0 Å². The first-order chi connectivity index (χ1) is 12.6. The molecule has 1 saturated heterocycles. The summed E-state index contributed by atoms with van der Waals surface area (Å²) < 4.78 is 0. The van der Waals surface area contributed by atoms with Gasteiger partial charge in [-0.3, -0.25) is 4.79 Å². The lowest BCUT2D eigenvalue weighted by Gasteiger charge is -2.62. The van der Waals surface area contributed by atoms with Gasteiger partial charge in [0.25, 0.3) is 0 Å². The first-order valence-corrected chi connectivity index (χ1v) is 10.9. The highest BCUT2D eigenvalue weighted by molar-refractivity contribution is 5.77. The van der Waals surface area contributed by atoms with Crippen molar-refractivity contribution < 1.29 is 4.79 Å². The Bertz CT molecular complexity index is 671. The summed E-state index contributed by atoms with van der Waals surface area (Å²) in [6.45, 7) is 4.19. The zero-order valence-corrected chi connectivity index (χ0v) is 16.3. The van der Waals surface area contributed by atoms with E-state index in [1.807, 2.05) is 0 Å². The first-order valence-electron chi connectivity index (χ1n) is 10.9. The summed E-state index contributed by atoms with van der Waals surface area (Å²) in [7, 11) is 0. The van der Waals surface area contributed by atoms with Gasteiger partial charge >= 0.3 is 0 Å². The van der Waals surface area contributed by atoms with E-state index in [1.54, 1.807) is 5.56 Å². The van der Waals surface area contributed by atoms with Gasteiger partial charge in [0.2, 0.25) is 5.91 Å². The van der Waals surface area contributed by atoms with Gasteiger partial charge in [0.15, 0.2) is 0 Å². The third-order valence-corrected chi connectivity index (χ3v) is 8.08. The SMILES string of the molecule is Cc1ccc(C23CC4CC(CC(CC(=O)N5CCCCC5)(C4)C2)C3)cc1. The molecule has 2 heteroatoms. The van der Waals surface area contributed by atoms with Crippen molar-refractivity contribution in [2.24, 2.45) is 17.3 Å². The van der Waals surface area contributed by atoms with E-state index in [0.717, 1.165) is 31.3 Å². The number of likely N-dealkylation sites (tertiary alicyclic amines) is 1. The van der Waals surface area contributed by atoms with Crippen molar-refractivity contribution in [3.05, 3.63) is 35.4 Å². The first kappa shape index (κ1) is 16.8. The predicted octanol–water partition coefficient (Wildman–Crippen LogP) is 5.24. The Kier molecular flexibility index (Phi) is 3.95. The molecule has 4 bridgehead atoms. The van der Waals surface area contributed by atoms with Gasteiger partial charge in [-0.05, 0) is 92.9 Å². The van der Waals surface area contributed by atoms with Crippen molar-refractivity contribution >= 4 is 5.91 Å². The molecule has 2 nitrogen and oxygen atoms in total. The Labute approximate surface area is 158 Å². The average molecular weight is 352 g/mol. The topological polar surface area (TPSA) is 20.3 Å². The Morgan fingerprint density at radius 2 is 1.65 bits per heavy atom. The van der Waals surface area contributed by atoms with Crippen molar-refractivity contribution in [2.75, 3.05) is 13.1 Å². The molecule has 0 radical (unpaired) electrons. The van der Waals surface area contributed by atoms with Crippen molar-refractivity contribution in [1.29, 1.82) is 0 Å². The Balaban J connectivity index is 1.41. The molecule has 1 amide bonds. The standard InChI is InChI=1S/C24H33NO/c1-18-5-7-21(8-6-18)24-14-19-11-20(15-24)13-23(12-19,17-24)16-22(26)25-9-3-2-4-10-25/h5-8,19-20H,2-4,9-17H2,1H3. The molecule has 2 unspecified atom stereocenters. The van der Waals surface area contributed by atoms with Gasteiger partial charge < -0.3 is 4.90 Å². The van der Waals surface area contributed by atoms with Crippen LogP contribution in [-0.4, -0.2) is 23.9 Å². The number of nitrogens with zero attached hydrogens (tertiary/aromatic N) is 1. The molecule has 1 aromatic rings. The van der Waals surface area contributed by atoms with Crippen LogP contribution in [0.2, 0.25) is 0 Å². The van der Waals surface area contributed by atoms with Crippen LogP contribution in [0.15, 0.2) is 24.3 Å². The molecule has 0 N–H and O–H groups in total. The molecule has 1 aromatic carbocycles. The molecule has 26 heavy (non-hydrogen) atoms. The molecule has 2 atom stereocenters. The van der Waals surface area contributed by atoms with E-state index >= 15 is 0 Å². The summed E-state index contributed by atoms with van der Waals surface area (Å²) in [6, 6.07) is 9.37. The Morgan fingerprint density at radius 1 is 1.00 bits per heavy atom. The molecule has 5 aliphatic rings. The van der Waals surface area contributed by atoms with Gasteiger partial charge in [0.05, 0.1) is 0 Å². The Morgan fingerprint density at radius 3 is 2.31 bits per heavy atom. The fourth-order valence-corrected chi connectivity index (χ4v) is 7.48. The van der Waals surface area contributed by atoms with Crippen LogP contribution in [0, 0.1) is 24.2 Å². The number of carbonyl (C=O) groups excluding carboxylic acids is 1. The summed E-state index contributed by atoms with van der Waals surface area (Å²) in [5, 5.41) is 0. The van der Waals surface area contributed by atoms with E-state index in [4.69, 9.17) is 0 Å². The number of carbonyl (C=O) groups is 1. The second-order valence-corrected chi connectivity index (χ2v) is 10.2. The number of piperidine rings is 1. The van der Waals surface area contributed by atoms with Crippen molar-refractivity contribution in [3.63, 3.8) is 0 Å². The second-order valence-electron chi connectivity index (χ2n) is 10.2. The van der Waals surface area contributed by atoms with Crippen LogP contribution >= 0.6 is 0 Å². The number of hydrogen-bond acceptors (Lipinski definition) is 1. The lowest BCUT2D eigenvalue weighted by molar-refractivity contribution is -0.141. The normalized spacial score (nSPS) is 38.6. The highest BCUT2D eigenvalue weighted by Gasteiger charge is 2.58. The maximum absolute atomic E-state index is 13.1. The summed E-state index contributed by atoms with van der Waals surface area (Å²) in [5.74, 6) is 2.17. The molecule has 0 spiro atoms. The van der Waals surface area contributed by atoms with Crippen LogP contribution < -0.4 is 0 Å². The van der Waals surface area contributed by atoms with Crippen LogP contribution in [0.5, 0.6) is 0 Å². The monoisotopic (exact) mass is 351 g/mol. The zero-order valence-electron chi connectivity index (χ0n) is 16.3. The molecule has 1 aliphatic heterocycles. The number of benzene rings is 1. The Hall–Kier alpha value is -1.31. The van der Waals surface area contributed by atoms with Gasteiger partial charge in [0.1, 0.15) is 0 Å². The van der Waals surface area contributed by atoms with E-state index in [1.165, 1.54) is 63.4 Å². The number of amides is 1. The third-order valence-electron chi connectivity index (χ3n) is 8.08. The minimum absolute atomic E-state index is 0.295. The van der Waals surface area contributed by atoms with Crippen LogP contribution in [0.1, 0.15) is 75.3 Å². The minimum Gasteiger partial charge on any atom is -0.343 e. The van der Waals surface area contributed by atoms with E-state index in [2.05, 4.69) is 36.1 Å². The quantitative estimate of drug-likeness (QED) is 0.729. The minimum atomic E-state index is 0.295. The van der Waals surface area contributed by atoms with Crippen molar-refractivity contribution in [1.82, 2.24) is 4.90 Å². The molecule has 4 aliphatic carbocycles. The predicted molar refractivity (Wildman–Crippen MR) is 105 cm³/mol. The van der Waals surface area contributed by atoms with Crippen LogP contribution in [0.4, 0.5) is 0 Å². The van der Waals surface area contributed by atoms with E-state index in [9.17, 15) is 4.79 Å². The molecular weight excluding hydrogens is 318 g/mol. The largest absolute Gasteiger partial charge is 0.343 e. The van der Waals surface area contributed by atoms with Crippen LogP contribution in [0.25, 0.3) is 0 Å². The average Bonchev–Trinajstić information content (AvgIpc) is 2.61. The fourth-order valence-electron chi connectivity index (χ4n) is 7.48. The summed E-state index contributed by atoms with van der Waals surface area (Å²) in [5.41, 5.74) is 3.57. The number of rotatable bonds is 3. The molecule has 1 heterocycles. The second kappa shape index (κ2) is 6.11. The fraction of sp³-hybridized carbons (Fsp3) is 0.708. The molecule has 5 fully saturated rings. The molecular formula is C24H33NO. The highest BCUT2D eigenvalue weighted by atomic mass is 16.2. The van der Waals surface area contributed by atoms with E-state index in [-0.39, 0.29) is 0 Å². The van der Waals surface area contributed by atoms with Crippen LogP contribution in [-0.2, 0) is 10.2 Å². The van der Waals surface area contributed by atoms with Crippen LogP contribution in [0.3, 0.4) is 0 Å². The van der Waals surface area contributed by atoms with E-state index in [0.29, 0.717) is 16.7 Å². The van der Waals surface area contributed by atoms with Gasteiger partial charge in [0, 0.05) is 19.5 Å². The van der Waals surface area contributed by atoms with Gasteiger partial charge in [-0.1, -0.05) is 29.8 Å². The third kappa shape index (κ3) is 2.80. The maximum Gasteiger partial charge on any atom is 0.223 e. The zero-order chi connectivity index (χ0) is 17.8. The molecule has 4 saturated carbocycles. The van der Waals surface area contributed by atoms with Gasteiger partial charge in [-0.15, -0.1) is 0 Å².